The van der Waals surface area contributed by atoms with E-state index in [1.165, 1.54) is 0 Å². The molecule has 0 aromatic rings. The Bertz CT molecular complexity index is 581. The highest BCUT2D eigenvalue weighted by atomic mass is 28.5. The maximum Gasteiger partial charge on any atom is 0.637 e. The van der Waals surface area contributed by atoms with Gasteiger partial charge in [0.15, 0.2) is 25.0 Å². The molecule has 12 heteroatoms. The number of esters is 1. The van der Waals surface area contributed by atoms with Gasteiger partial charge in [-0.1, -0.05) is 13.5 Å². The molecule has 0 rings (SSSR count). The van der Waals surface area contributed by atoms with Gasteiger partial charge in [-0.25, -0.2) is 4.79 Å². The lowest BCUT2D eigenvalue weighted by Crippen LogP contribution is -2.67. The molecule has 7 nitrogen and oxygen atoms in total. The number of hydrogen-bond donors (Lipinski definition) is 0. The molecule has 0 aliphatic carbocycles. The van der Waals surface area contributed by atoms with Crippen molar-refractivity contribution in [2.75, 3.05) is 13.2 Å². The van der Waals surface area contributed by atoms with Crippen molar-refractivity contribution in [2.45, 2.75) is 98.0 Å². The van der Waals surface area contributed by atoms with Gasteiger partial charge in [0.2, 0.25) is 8.32 Å². The first-order chi connectivity index (χ1) is 14.1. The Labute approximate surface area is 202 Å². The standard InChI is InChI=1S/C20H48O7Si5/c1-15-19(22-16-17-23-20(21)18(2)3)31(13,14)27-32(24-28(4,5)6,25-29(7,8)9)26-30(10,11)12/h19H,2,15-17H2,1,3-14H3. The van der Waals surface area contributed by atoms with E-state index in [2.05, 4.69) is 85.5 Å². The fourth-order valence-corrected chi connectivity index (χ4v) is 19.8. The van der Waals surface area contributed by atoms with Crippen molar-refractivity contribution in [1.82, 2.24) is 0 Å². The lowest BCUT2D eigenvalue weighted by molar-refractivity contribution is -0.140. The number of rotatable bonds is 15. The highest BCUT2D eigenvalue weighted by molar-refractivity contribution is 6.91. The molecule has 0 aliphatic rings. The number of ether oxygens (including phenoxy) is 2. The van der Waals surface area contributed by atoms with E-state index in [0.29, 0.717) is 12.2 Å². The molecule has 32 heavy (non-hydrogen) atoms. The van der Waals surface area contributed by atoms with E-state index >= 15 is 0 Å². The van der Waals surface area contributed by atoms with E-state index in [-0.39, 0.29) is 12.3 Å². The van der Waals surface area contributed by atoms with Crippen LogP contribution >= 0.6 is 0 Å². The van der Waals surface area contributed by atoms with Crippen LogP contribution < -0.4 is 0 Å². The first-order valence-corrected chi connectivity index (χ1v) is 26.2. The molecular weight excluding hydrogens is 493 g/mol. The monoisotopic (exact) mass is 540 g/mol. The molecule has 0 aromatic heterocycles. The van der Waals surface area contributed by atoms with Crippen LogP contribution in [-0.4, -0.2) is 67.2 Å². The molecule has 0 bridgehead atoms. The number of carbonyl (C=O) groups excluding carboxylic acids is 1. The topological polar surface area (TPSA) is 72.5 Å². The van der Waals surface area contributed by atoms with Gasteiger partial charge in [0.05, 0.1) is 12.3 Å². The highest BCUT2D eigenvalue weighted by Gasteiger charge is 2.57. The molecule has 190 valence electrons. The normalized spacial score (nSPS) is 14.9. The molecule has 0 amide bonds. The van der Waals surface area contributed by atoms with Crippen LogP contribution in [0.3, 0.4) is 0 Å². The summed E-state index contributed by atoms with van der Waals surface area (Å²) in [7, 11) is -12.1. The maximum atomic E-state index is 11.6. The Balaban J connectivity index is 5.77. The Morgan fingerprint density at radius 2 is 1.16 bits per heavy atom. The van der Waals surface area contributed by atoms with Gasteiger partial charge < -0.3 is 25.9 Å². The minimum absolute atomic E-state index is 0.126. The second-order valence-corrected chi connectivity index (χ2v) is 32.3. The Morgan fingerprint density at radius 1 is 0.750 bits per heavy atom. The summed E-state index contributed by atoms with van der Waals surface area (Å²) in [5, 5.41) is 0. The molecule has 0 aliphatic heterocycles. The van der Waals surface area contributed by atoms with E-state index in [0.717, 1.165) is 6.42 Å². The zero-order valence-corrected chi connectivity index (χ0v) is 27.8. The second-order valence-electron chi connectivity index (χ2n) is 11.5. The van der Waals surface area contributed by atoms with Gasteiger partial charge >= 0.3 is 15.0 Å². The van der Waals surface area contributed by atoms with Crippen LogP contribution in [0.15, 0.2) is 12.2 Å². The predicted octanol–water partition coefficient (Wildman–Crippen LogP) is 5.65. The van der Waals surface area contributed by atoms with Crippen LogP contribution in [0.2, 0.25) is 72.0 Å². The molecule has 0 radical (unpaired) electrons. The molecule has 0 heterocycles. The molecular formula is C20H48O7Si5. The predicted molar refractivity (Wildman–Crippen MR) is 143 cm³/mol. The summed E-state index contributed by atoms with van der Waals surface area (Å²) < 4.78 is 38.2. The van der Waals surface area contributed by atoms with Crippen LogP contribution in [0.4, 0.5) is 0 Å². The zero-order valence-electron chi connectivity index (χ0n) is 22.8. The van der Waals surface area contributed by atoms with Crippen molar-refractivity contribution in [3.8, 4) is 0 Å². The van der Waals surface area contributed by atoms with E-state index in [9.17, 15) is 4.79 Å². The van der Waals surface area contributed by atoms with Gasteiger partial charge in [-0.2, -0.15) is 0 Å². The SMILES string of the molecule is C=C(C)C(=O)OCCOC(CC)[Si](C)(C)O[Si](O[Si](C)(C)C)(O[Si](C)(C)C)O[Si](C)(C)C. The van der Waals surface area contributed by atoms with Gasteiger partial charge in [0, 0.05) is 5.57 Å². The third kappa shape index (κ3) is 13.7. The smallest absolute Gasteiger partial charge is 0.460 e. The summed E-state index contributed by atoms with van der Waals surface area (Å²) in [6.07, 6.45) is 0.769. The summed E-state index contributed by atoms with van der Waals surface area (Å²) in [4.78, 5) is 11.6. The van der Waals surface area contributed by atoms with Crippen molar-refractivity contribution in [2.24, 2.45) is 0 Å². The van der Waals surface area contributed by atoms with Crippen LogP contribution in [0, 0.1) is 0 Å². The van der Waals surface area contributed by atoms with Gasteiger partial charge in [0.1, 0.15) is 6.61 Å². The Kier molecular flexibility index (Phi) is 12.2. The number of hydrogen-bond acceptors (Lipinski definition) is 7. The average molecular weight is 541 g/mol. The fourth-order valence-electron chi connectivity index (χ4n) is 2.90. The Morgan fingerprint density at radius 3 is 1.47 bits per heavy atom. The van der Waals surface area contributed by atoms with Crippen molar-refractivity contribution in [3.05, 3.63) is 12.2 Å². The minimum atomic E-state index is -3.43. The average Bonchev–Trinajstić information content (AvgIpc) is 2.47. The third-order valence-corrected chi connectivity index (χ3v) is 19.4. The lowest BCUT2D eigenvalue weighted by atomic mass is 10.4. The highest BCUT2D eigenvalue weighted by Crippen LogP contribution is 2.31. The van der Waals surface area contributed by atoms with Gasteiger partial charge in [-0.3, -0.25) is 0 Å². The van der Waals surface area contributed by atoms with E-state index in [1.54, 1.807) is 6.92 Å². The van der Waals surface area contributed by atoms with Crippen LogP contribution in [0.1, 0.15) is 20.3 Å². The quantitative estimate of drug-likeness (QED) is 0.115. The second kappa shape index (κ2) is 12.2. The maximum absolute atomic E-state index is 11.6. The summed E-state index contributed by atoms with van der Waals surface area (Å²) in [5.74, 6) is -0.406. The summed E-state index contributed by atoms with van der Waals surface area (Å²) in [6, 6.07) is 0. The van der Waals surface area contributed by atoms with Gasteiger partial charge in [0.25, 0.3) is 0 Å². The summed E-state index contributed by atoms with van der Waals surface area (Å²) in [5.41, 5.74) is 0.250. The molecule has 1 atom stereocenters. The van der Waals surface area contributed by atoms with Gasteiger partial charge in [-0.15, -0.1) is 0 Å². The van der Waals surface area contributed by atoms with Crippen molar-refractivity contribution in [3.63, 3.8) is 0 Å². The molecule has 0 spiro atoms. The van der Waals surface area contributed by atoms with E-state index in [1.807, 2.05) is 0 Å². The third-order valence-electron chi connectivity index (χ3n) is 3.81. The van der Waals surface area contributed by atoms with Crippen molar-refractivity contribution >= 4 is 48.3 Å². The van der Waals surface area contributed by atoms with Crippen LogP contribution in [0.25, 0.3) is 0 Å². The molecule has 0 fully saturated rings. The molecule has 1 unspecified atom stereocenters. The molecule has 0 saturated heterocycles. The minimum Gasteiger partial charge on any atom is -0.460 e. The van der Waals surface area contributed by atoms with E-state index in [4.69, 9.17) is 25.9 Å². The van der Waals surface area contributed by atoms with Crippen LogP contribution in [-0.2, 0) is 30.7 Å². The summed E-state index contributed by atoms with van der Waals surface area (Å²) >= 11 is 0. The number of carbonyl (C=O) groups is 1. The van der Waals surface area contributed by atoms with E-state index < -0.39 is 48.3 Å². The summed E-state index contributed by atoms with van der Waals surface area (Å²) in [6.45, 7) is 31.2. The first kappa shape index (κ1) is 32.1. The molecule has 0 aromatic carbocycles. The lowest BCUT2D eigenvalue weighted by Gasteiger charge is -2.45. The largest absolute Gasteiger partial charge is 0.637 e. The molecule has 0 N–H and O–H groups in total. The Hall–Kier alpha value is 0.0944. The first-order valence-electron chi connectivity index (χ1n) is 11.4. The zero-order chi connectivity index (χ0) is 25.6. The van der Waals surface area contributed by atoms with Gasteiger partial charge in [-0.05, 0) is 85.4 Å². The van der Waals surface area contributed by atoms with Crippen LogP contribution in [0.5, 0.6) is 0 Å². The molecule has 0 saturated carbocycles. The van der Waals surface area contributed by atoms with Crippen molar-refractivity contribution in [1.29, 1.82) is 0 Å². The van der Waals surface area contributed by atoms with Crippen molar-refractivity contribution < 1.29 is 30.7 Å². The fraction of sp³-hybridized carbons (Fsp3) is 0.850.